The fourth-order valence-corrected chi connectivity index (χ4v) is 1.05. The summed E-state index contributed by atoms with van der Waals surface area (Å²) in [7, 11) is 1.82. The Morgan fingerprint density at radius 2 is 2.08 bits per heavy atom. The molecule has 0 rings (SSSR count). The number of hydrogen-bond acceptors (Lipinski definition) is 3. The van der Waals surface area contributed by atoms with Crippen LogP contribution in [-0.2, 0) is 4.79 Å². The Balaban J connectivity index is 3.71. The van der Waals surface area contributed by atoms with E-state index in [1.807, 2.05) is 20.9 Å². The van der Waals surface area contributed by atoms with Crippen LogP contribution in [-0.4, -0.2) is 37.3 Å². The maximum Gasteiger partial charge on any atom is 0.224 e. The Morgan fingerprint density at radius 3 is 2.54 bits per heavy atom. The smallest absolute Gasteiger partial charge is 0.224 e. The van der Waals surface area contributed by atoms with Crippen molar-refractivity contribution in [3.8, 4) is 0 Å². The van der Waals surface area contributed by atoms with Crippen molar-refractivity contribution in [3.05, 3.63) is 0 Å². The number of nitrogens with one attached hydrogen (secondary N) is 2. The van der Waals surface area contributed by atoms with Gasteiger partial charge in [0.05, 0.1) is 0 Å². The highest BCUT2D eigenvalue weighted by Gasteiger charge is 2.13. The predicted molar refractivity (Wildman–Crippen MR) is 52.4 cm³/mol. The van der Waals surface area contributed by atoms with Gasteiger partial charge in [0.1, 0.15) is 0 Å². The first-order valence-corrected chi connectivity index (χ1v) is 4.67. The molecule has 3 N–H and O–H groups in total. The fraction of sp³-hybridized carbons (Fsp3) is 0.889. The molecule has 2 atom stereocenters. The Bertz CT molecular complexity index is 151. The predicted octanol–water partition coefficient (Wildman–Crippen LogP) is -0.271. The second-order valence-electron chi connectivity index (χ2n) is 3.38. The summed E-state index contributed by atoms with van der Waals surface area (Å²) in [4.78, 5) is 11.4. The molecule has 13 heavy (non-hydrogen) atoms. The molecule has 4 heteroatoms. The zero-order chi connectivity index (χ0) is 10.3. The van der Waals surface area contributed by atoms with Crippen LogP contribution in [0.25, 0.3) is 0 Å². The zero-order valence-electron chi connectivity index (χ0n) is 8.63. The minimum Gasteiger partial charge on any atom is -0.396 e. The molecule has 2 unspecified atom stereocenters. The standard InChI is InChI=1S/C9H20N2O2/c1-7(6-10-3)9(13)11-8(2)4-5-12/h7-8,10,12H,4-6H2,1-3H3,(H,11,13). The third-order valence-electron chi connectivity index (χ3n) is 1.91. The zero-order valence-corrected chi connectivity index (χ0v) is 8.63. The molecule has 4 nitrogen and oxygen atoms in total. The van der Waals surface area contributed by atoms with Gasteiger partial charge in [0.25, 0.3) is 0 Å². The molecule has 0 aromatic heterocycles. The number of carbonyl (C=O) groups is 1. The maximum absolute atomic E-state index is 11.4. The van der Waals surface area contributed by atoms with Gasteiger partial charge in [-0.1, -0.05) is 6.92 Å². The highest BCUT2D eigenvalue weighted by molar-refractivity contribution is 5.78. The minimum absolute atomic E-state index is 0.0221. The third-order valence-corrected chi connectivity index (χ3v) is 1.91. The van der Waals surface area contributed by atoms with E-state index in [0.29, 0.717) is 13.0 Å². The number of hydrogen-bond donors (Lipinski definition) is 3. The average molecular weight is 188 g/mol. The van der Waals surface area contributed by atoms with Crippen LogP contribution in [0.3, 0.4) is 0 Å². The van der Waals surface area contributed by atoms with Crippen molar-refractivity contribution in [2.24, 2.45) is 5.92 Å². The summed E-state index contributed by atoms with van der Waals surface area (Å²) in [6.45, 7) is 4.55. The van der Waals surface area contributed by atoms with Crippen LogP contribution in [0.15, 0.2) is 0 Å². The molecule has 0 aliphatic heterocycles. The largest absolute Gasteiger partial charge is 0.396 e. The van der Waals surface area contributed by atoms with Crippen molar-refractivity contribution in [3.63, 3.8) is 0 Å². The molecule has 0 saturated carbocycles. The molecule has 1 amide bonds. The highest BCUT2D eigenvalue weighted by atomic mass is 16.3. The minimum atomic E-state index is -0.0221. The summed E-state index contributed by atoms with van der Waals surface area (Å²) in [5.74, 6) is 0.0152. The summed E-state index contributed by atoms with van der Waals surface area (Å²) in [5.41, 5.74) is 0. The third kappa shape index (κ3) is 5.60. The Labute approximate surface area is 79.7 Å². The summed E-state index contributed by atoms with van der Waals surface area (Å²) in [6, 6.07) is 0.0526. The quantitative estimate of drug-likeness (QED) is 0.537. The molecule has 0 aliphatic carbocycles. The number of amides is 1. The van der Waals surface area contributed by atoms with Gasteiger partial charge in [0.2, 0.25) is 5.91 Å². The van der Waals surface area contributed by atoms with Crippen molar-refractivity contribution < 1.29 is 9.90 Å². The van der Waals surface area contributed by atoms with Crippen molar-refractivity contribution in [2.45, 2.75) is 26.3 Å². The van der Waals surface area contributed by atoms with Crippen molar-refractivity contribution >= 4 is 5.91 Å². The number of aliphatic hydroxyl groups excluding tert-OH is 1. The van der Waals surface area contributed by atoms with Gasteiger partial charge in [-0.15, -0.1) is 0 Å². The van der Waals surface area contributed by atoms with Gasteiger partial charge in [-0.05, 0) is 20.4 Å². The molecule has 0 aromatic carbocycles. The van der Waals surface area contributed by atoms with E-state index in [-0.39, 0.29) is 24.5 Å². The monoisotopic (exact) mass is 188 g/mol. The van der Waals surface area contributed by atoms with Crippen molar-refractivity contribution in [2.75, 3.05) is 20.2 Å². The summed E-state index contributed by atoms with van der Waals surface area (Å²) in [5, 5.41) is 14.4. The maximum atomic E-state index is 11.4. The lowest BCUT2D eigenvalue weighted by molar-refractivity contribution is -0.125. The first-order chi connectivity index (χ1) is 6.11. The van der Waals surface area contributed by atoms with E-state index in [0.717, 1.165) is 0 Å². The fourth-order valence-electron chi connectivity index (χ4n) is 1.05. The van der Waals surface area contributed by atoms with Gasteiger partial charge in [-0.25, -0.2) is 0 Å². The van der Waals surface area contributed by atoms with Crippen molar-refractivity contribution in [1.29, 1.82) is 0 Å². The lowest BCUT2D eigenvalue weighted by atomic mass is 10.1. The molecule has 0 heterocycles. The number of rotatable bonds is 6. The molecule has 0 spiro atoms. The van der Waals surface area contributed by atoms with E-state index in [1.165, 1.54) is 0 Å². The van der Waals surface area contributed by atoms with E-state index < -0.39 is 0 Å². The topological polar surface area (TPSA) is 61.4 Å². The summed E-state index contributed by atoms with van der Waals surface area (Å²) >= 11 is 0. The van der Waals surface area contributed by atoms with E-state index in [1.54, 1.807) is 0 Å². The molecule has 0 fully saturated rings. The Morgan fingerprint density at radius 1 is 1.46 bits per heavy atom. The lowest BCUT2D eigenvalue weighted by Gasteiger charge is -2.16. The van der Waals surface area contributed by atoms with Gasteiger partial charge in [-0.2, -0.15) is 0 Å². The second kappa shape index (κ2) is 6.86. The van der Waals surface area contributed by atoms with Crippen LogP contribution in [0.5, 0.6) is 0 Å². The first-order valence-electron chi connectivity index (χ1n) is 4.67. The molecular weight excluding hydrogens is 168 g/mol. The van der Waals surface area contributed by atoms with Crippen LogP contribution in [0.4, 0.5) is 0 Å². The van der Waals surface area contributed by atoms with Crippen LogP contribution in [0.2, 0.25) is 0 Å². The normalized spacial score (nSPS) is 15.1. The molecule has 0 aromatic rings. The van der Waals surface area contributed by atoms with Crippen LogP contribution >= 0.6 is 0 Å². The average Bonchev–Trinajstić information content (AvgIpc) is 2.05. The van der Waals surface area contributed by atoms with Gasteiger partial charge in [0.15, 0.2) is 0 Å². The summed E-state index contributed by atoms with van der Waals surface area (Å²) < 4.78 is 0. The van der Waals surface area contributed by atoms with E-state index in [2.05, 4.69) is 10.6 Å². The van der Waals surface area contributed by atoms with Gasteiger partial charge in [0, 0.05) is 25.1 Å². The number of carbonyl (C=O) groups excluding carboxylic acids is 1. The molecule has 0 radical (unpaired) electrons. The Hall–Kier alpha value is -0.610. The van der Waals surface area contributed by atoms with E-state index in [9.17, 15) is 4.79 Å². The van der Waals surface area contributed by atoms with Crippen LogP contribution in [0.1, 0.15) is 20.3 Å². The van der Waals surface area contributed by atoms with Gasteiger partial charge in [-0.3, -0.25) is 4.79 Å². The number of aliphatic hydroxyl groups is 1. The van der Waals surface area contributed by atoms with Crippen molar-refractivity contribution in [1.82, 2.24) is 10.6 Å². The lowest BCUT2D eigenvalue weighted by Crippen LogP contribution is -2.39. The molecule has 0 saturated heterocycles. The Kier molecular flexibility index (Phi) is 6.54. The SMILES string of the molecule is CNCC(C)C(=O)NC(C)CCO. The second-order valence-corrected chi connectivity index (χ2v) is 3.38. The first kappa shape index (κ1) is 12.4. The molecule has 78 valence electrons. The molecule has 0 aliphatic rings. The highest BCUT2D eigenvalue weighted by Crippen LogP contribution is 1.95. The van der Waals surface area contributed by atoms with E-state index in [4.69, 9.17) is 5.11 Å². The molecule has 0 bridgehead atoms. The van der Waals surface area contributed by atoms with E-state index >= 15 is 0 Å². The van der Waals surface area contributed by atoms with Gasteiger partial charge < -0.3 is 15.7 Å². The van der Waals surface area contributed by atoms with Crippen LogP contribution < -0.4 is 10.6 Å². The van der Waals surface area contributed by atoms with Gasteiger partial charge >= 0.3 is 0 Å². The molecular formula is C9H20N2O2. The van der Waals surface area contributed by atoms with Crippen LogP contribution in [0, 0.1) is 5.92 Å². The summed E-state index contributed by atoms with van der Waals surface area (Å²) in [6.07, 6.45) is 0.609.